The molecule has 0 saturated heterocycles. The lowest BCUT2D eigenvalue weighted by Crippen LogP contribution is -2.47. The molecule has 0 aromatic heterocycles. The molecule has 0 fully saturated rings. The Morgan fingerprint density at radius 1 is 1.40 bits per heavy atom. The highest BCUT2D eigenvalue weighted by atomic mass is 16.4. The Bertz CT molecular complexity index is 528. The smallest absolute Gasteiger partial charge is 0.328 e. The van der Waals surface area contributed by atoms with Crippen LogP contribution in [0.3, 0.4) is 0 Å². The molecule has 1 aliphatic heterocycles. The van der Waals surface area contributed by atoms with Gasteiger partial charge in [-0.1, -0.05) is 6.07 Å². The maximum atomic E-state index is 12.2. The number of hydrogen-bond acceptors (Lipinski definition) is 4. The number of benzene rings is 1. The van der Waals surface area contributed by atoms with Crippen molar-refractivity contribution in [3.05, 3.63) is 29.3 Å². The van der Waals surface area contributed by atoms with Crippen LogP contribution in [-0.2, 0) is 11.2 Å². The average Bonchev–Trinajstić information content (AvgIpc) is 2.43. The molecule has 0 radical (unpaired) electrons. The Balaban J connectivity index is 2.23. The maximum Gasteiger partial charge on any atom is 0.328 e. The molecule has 1 aromatic carbocycles. The quantitative estimate of drug-likeness (QED) is 0.647. The lowest BCUT2D eigenvalue weighted by atomic mass is 9.97. The number of hydrogen-bond donors (Lipinski definition) is 4. The second-order valence-corrected chi connectivity index (χ2v) is 4.89. The van der Waals surface area contributed by atoms with E-state index in [1.807, 2.05) is 6.07 Å². The number of aliphatic hydroxyl groups excluding tert-OH is 1. The predicted molar refractivity (Wildman–Crippen MR) is 73.8 cm³/mol. The van der Waals surface area contributed by atoms with Crippen molar-refractivity contribution < 1.29 is 19.8 Å². The third-order valence-corrected chi connectivity index (χ3v) is 3.37. The molecule has 20 heavy (non-hydrogen) atoms. The molecule has 108 valence electrons. The van der Waals surface area contributed by atoms with Gasteiger partial charge in [-0.15, -0.1) is 0 Å². The fourth-order valence-electron chi connectivity index (χ4n) is 2.33. The largest absolute Gasteiger partial charge is 0.480 e. The molecule has 6 heteroatoms. The van der Waals surface area contributed by atoms with Crippen molar-refractivity contribution in [3.63, 3.8) is 0 Å². The molecule has 0 bridgehead atoms. The highest BCUT2D eigenvalue weighted by Gasteiger charge is 2.27. The first kappa shape index (κ1) is 14.3. The Labute approximate surface area is 116 Å². The summed E-state index contributed by atoms with van der Waals surface area (Å²) in [4.78, 5) is 23.2. The van der Waals surface area contributed by atoms with Crippen LogP contribution < -0.4 is 10.6 Å². The molecule has 2 atom stereocenters. The first-order chi connectivity index (χ1) is 9.50. The Morgan fingerprint density at radius 3 is 2.80 bits per heavy atom. The molecule has 2 rings (SSSR count). The molecule has 0 spiro atoms. The van der Waals surface area contributed by atoms with Gasteiger partial charge in [0.1, 0.15) is 0 Å². The number of aliphatic hydroxyl groups is 1. The Morgan fingerprint density at radius 2 is 2.15 bits per heavy atom. The van der Waals surface area contributed by atoms with E-state index >= 15 is 0 Å². The maximum absolute atomic E-state index is 12.2. The van der Waals surface area contributed by atoms with Gasteiger partial charge in [-0.3, -0.25) is 4.79 Å². The number of fused-ring (bicyclic) bond motifs is 1. The summed E-state index contributed by atoms with van der Waals surface area (Å²) in [6.45, 7) is 2.20. The Kier molecular flexibility index (Phi) is 4.24. The van der Waals surface area contributed by atoms with Gasteiger partial charge in [-0.25, -0.2) is 4.79 Å². The summed E-state index contributed by atoms with van der Waals surface area (Å²) in [5.41, 5.74) is 2.26. The van der Waals surface area contributed by atoms with E-state index in [-0.39, 0.29) is 0 Å². The molecule has 4 N–H and O–H groups in total. The molecule has 1 heterocycles. The second-order valence-electron chi connectivity index (χ2n) is 4.89. The van der Waals surface area contributed by atoms with E-state index in [9.17, 15) is 14.7 Å². The number of carboxylic acids is 1. The van der Waals surface area contributed by atoms with Crippen molar-refractivity contribution in [1.29, 1.82) is 0 Å². The summed E-state index contributed by atoms with van der Waals surface area (Å²) in [6.07, 6.45) is 0.545. The van der Waals surface area contributed by atoms with Crippen molar-refractivity contribution in [1.82, 2.24) is 5.32 Å². The molecule has 2 unspecified atom stereocenters. The minimum Gasteiger partial charge on any atom is -0.480 e. The van der Waals surface area contributed by atoms with Crippen LogP contribution >= 0.6 is 0 Å². The third kappa shape index (κ3) is 2.91. The summed E-state index contributed by atoms with van der Waals surface area (Å²) in [5, 5.41) is 24.0. The van der Waals surface area contributed by atoms with Gasteiger partial charge in [-0.2, -0.15) is 0 Å². The minimum absolute atomic E-state index is 0.460. The fourth-order valence-corrected chi connectivity index (χ4v) is 2.33. The highest BCUT2D eigenvalue weighted by molar-refractivity contribution is 5.99. The average molecular weight is 278 g/mol. The summed E-state index contributed by atoms with van der Waals surface area (Å²) in [7, 11) is 0. The molecular weight excluding hydrogens is 260 g/mol. The number of carbonyl (C=O) groups is 2. The van der Waals surface area contributed by atoms with Gasteiger partial charge in [0.05, 0.1) is 6.10 Å². The predicted octanol–water partition coefficient (Wildman–Crippen LogP) is 0.608. The first-order valence-corrected chi connectivity index (χ1v) is 6.58. The number of carbonyl (C=O) groups excluding carboxylic acids is 1. The molecule has 0 saturated carbocycles. The van der Waals surface area contributed by atoms with E-state index in [2.05, 4.69) is 10.6 Å². The molecule has 1 aromatic rings. The van der Waals surface area contributed by atoms with Crippen LogP contribution in [0.4, 0.5) is 5.69 Å². The number of anilines is 1. The zero-order chi connectivity index (χ0) is 14.7. The lowest BCUT2D eigenvalue weighted by Gasteiger charge is -2.22. The van der Waals surface area contributed by atoms with Crippen molar-refractivity contribution in [2.24, 2.45) is 0 Å². The van der Waals surface area contributed by atoms with Crippen molar-refractivity contribution >= 4 is 17.6 Å². The van der Waals surface area contributed by atoms with Gasteiger partial charge in [0.15, 0.2) is 6.04 Å². The monoisotopic (exact) mass is 278 g/mol. The minimum atomic E-state index is -1.31. The van der Waals surface area contributed by atoms with E-state index in [0.29, 0.717) is 5.56 Å². The van der Waals surface area contributed by atoms with E-state index in [0.717, 1.165) is 30.6 Å². The summed E-state index contributed by atoms with van der Waals surface area (Å²) < 4.78 is 0. The SMILES string of the molecule is CC(O)C(NC(=O)c1cccc2c1CCCN2)C(=O)O. The van der Waals surface area contributed by atoms with Gasteiger partial charge in [0.2, 0.25) is 0 Å². The van der Waals surface area contributed by atoms with Crippen molar-refractivity contribution in [3.8, 4) is 0 Å². The lowest BCUT2D eigenvalue weighted by molar-refractivity contribution is -0.141. The number of amides is 1. The van der Waals surface area contributed by atoms with Gasteiger partial charge in [0.25, 0.3) is 5.91 Å². The van der Waals surface area contributed by atoms with Crippen LogP contribution in [0.2, 0.25) is 0 Å². The standard InChI is InChI=1S/C14H18N2O4/c1-8(17)12(14(19)20)16-13(18)10-4-2-6-11-9(10)5-3-7-15-11/h2,4,6,8,12,15,17H,3,5,7H2,1H3,(H,16,18)(H,19,20). The molecular formula is C14H18N2O4. The number of nitrogens with one attached hydrogen (secondary N) is 2. The van der Waals surface area contributed by atoms with Crippen LogP contribution in [-0.4, -0.2) is 40.8 Å². The van der Waals surface area contributed by atoms with Crippen molar-refractivity contribution in [2.45, 2.75) is 31.9 Å². The molecule has 1 aliphatic rings. The van der Waals surface area contributed by atoms with Crippen LogP contribution in [0.5, 0.6) is 0 Å². The van der Waals surface area contributed by atoms with Gasteiger partial charge in [0, 0.05) is 17.8 Å². The van der Waals surface area contributed by atoms with Gasteiger partial charge in [-0.05, 0) is 37.5 Å². The zero-order valence-electron chi connectivity index (χ0n) is 11.2. The normalized spacial score (nSPS) is 16.5. The van der Waals surface area contributed by atoms with Crippen LogP contribution in [0.1, 0.15) is 29.3 Å². The molecule has 1 amide bonds. The van der Waals surface area contributed by atoms with Gasteiger partial charge >= 0.3 is 5.97 Å². The van der Waals surface area contributed by atoms with Crippen molar-refractivity contribution in [2.75, 3.05) is 11.9 Å². The first-order valence-electron chi connectivity index (χ1n) is 6.58. The summed E-state index contributed by atoms with van der Waals surface area (Å²) in [5.74, 6) is -1.73. The fraction of sp³-hybridized carbons (Fsp3) is 0.429. The summed E-state index contributed by atoms with van der Waals surface area (Å²) >= 11 is 0. The molecule has 0 aliphatic carbocycles. The number of rotatable bonds is 4. The number of carboxylic acid groups (broad SMARTS) is 1. The number of aliphatic carboxylic acids is 1. The van der Waals surface area contributed by atoms with E-state index in [4.69, 9.17) is 5.11 Å². The van der Waals surface area contributed by atoms with Crippen LogP contribution in [0.25, 0.3) is 0 Å². The van der Waals surface area contributed by atoms with Crippen LogP contribution in [0, 0.1) is 0 Å². The van der Waals surface area contributed by atoms with E-state index in [1.165, 1.54) is 6.92 Å². The summed E-state index contributed by atoms with van der Waals surface area (Å²) in [6, 6.07) is 4.01. The third-order valence-electron chi connectivity index (χ3n) is 3.37. The second kappa shape index (κ2) is 5.92. The topological polar surface area (TPSA) is 98.7 Å². The zero-order valence-corrected chi connectivity index (χ0v) is 11.2. The van der Waals surface area contributed by atoms with E-state index in [1.54, 1.807) is 12.1 Å². The highest BCUT2D eigenvalue weighted by Crippen LogP contribution is 2.25. The van der Waals surface area contributed by atoms with E-state index < -0.39 is 24.0 Å². The van der Waals surface area contributed by atoms with Gasteiger partial charge < -0.3 is 20.8 Å². The molecule has 6 nitrogen and oxygen atoms in total. The Hall–Kier alpha value is -2.08. The van der Waals surface area contributed by atoms with Crippen LogP contribution in [0.15, 0.2) is 18.2 Å².